The molecule has 1 aromatic carbocycles. The number of aromatic nitrogens is 5. The fourth-order valence-corrected chi connectivity index (χ4v) is 4.34. The lowest BCUT2D eigenvalue weighted by molar-refractivity contribution is 0.0944. The fourth-order valence-electron chi connectivity index (χ4n) is 4.34. The number of methoxy groups -OCH3 is 1. The van der Waals surface area contributed by atoms with Crippen molar-refractivity contribution < 1.29 is 18.7 Å². The second-order valence-electron chi connectivity index (χ2n) is 9.85. The lowest BCUT2D eigenvalue weighted by Gasteiger charge is -2.27. The van der Waals surface area contributed by atoms with E-state index in [1.54, 1.807) is 33.6 Å². The van der Waals surface area contributed by atoms with Crippen molar-refractivity contribution in [2.24, 2.45) is 0 Å². The van der Waals surface area contributed by atoms with E-state index in [1.165, 1.54) is 13.4 Å². The Morgan fingerprint density at radius 1 is 1.22 bits per heavy atom. The van der Waals surface area contributed by atoms with E-state index in [1.807, 2.05) is 33.0 Å². The minimum Gasteiger partial charge on any atom is -0.493 e. The number of carbonyl (C=O) groups is 1. The molecule has 0 bridgehead atoms. The molecule has 1 saturated heterocycles. The zero-order valence-corrected chi connectivity index (χ0v) is 21.4. The maximum Gasteiger partial charge on any atom is 0.272 e. The molecule has 1 aliphatic heterocycles. The number of hydrogen-bond donors (Lipinski definition) is 1. The number of anilines is 1. The maximum absolute atomic E-state index is 15.7. The van der Waals surface area contributed by atoms with E-state index in [0.29, 0.717) is 35.7 Å². The van der Waals surface area contributed by atoms with Gasteiger partial charge in [0.1, 0.15) is 17.7 Å². The molecule has 0 saturated carbocycles. The minimum absolute atomic E-state index is 0.0507. The summed E-state index contributed by atoms with van der Waals surface area (Å²) < 4.78 is 30.0. The van der Waals surface area contributed by atoms with Crippen LogP contribution in [-0.4, -0.2) is 63.7 Å². The lowest BCUT2D eigenvalue weighted by Crippen LogP contribution is -2.35. The van der Waals surface area contributed by atoms with Crippen LogP contribution in [0.15, 0.2) is 43.0 Å². The van der Waals surface area contributed by atoms with Crippen LogP contribution < -0.4 is 15.0 Å². The third kappa shape index (κ3) is 4.86. The van der Waals surface area contributed by atoms with Crippen LogP contribution >= 0.6 is 0 Å². The maximum atomic E-state index is 15.7. The molecule has 0 unspecified atom stereocenters. The van der Waals surface area contributed by atoms with E-state index < -0.39 is 5.82 Å². The van der Waals surface area contributed by atoms with Gasteiger partial charge in [-0.05, 0) is 39.0 Å². The molecule has 194 valence electrons. The molecule has 4 heterocycles. The van der Waals surface area contributed by atoms with Crippen molar-refractivity contribution in [3.8, 4) is 17.0 Å². The Bertz CT molecular complexity index is 1430. The van der Waals surface area contributed by atoms with Gasteiger partial charge < -0.3 is 19.7 Å². The molecule has 1 aliphatic rings. The summed E-state index contributed by atoms with van der Waals surface area (Å²) >= 11 is 0. The first-order valence-electron chi connectivity index (χ1n) is 12.1. The Morgan fingerprint density at radius 3 is 2.70 bits per heavy atom. The second-order valence-corrected chi connectivity index (χ2v) is 9.85. The van der Waals surface area contributed by atoms with Gasteiger partial charge in [0.2, 0.25) is 0 Å². The van der Waals surface area contributed by atoms with Gasteiger partial charge in [-0.25, -0.2) is 13.9 Å². The number of nitrogens with zero attached hydrogens (tertiary/aromatic N) is 6. The number of amides is 1. The Morgan fingerprint density at radius 2 is 2.00 bits per heavy atom. The summed E-state index contributed by atoms with van der Waals surface area (Å²) in [5, 5.41) is 11.5. The third-order valence-corrected chi connectivity index (χ3v) is 6.35. The Balaban J connectivity index is 1.40. The molecule has 0 spiro atoms. The van der Waals surface area contributed by atoms with Crippen molar-refractivity contribution in [1.29, 1.82) is 0 Å². The highest BCUT2D eigenvalue weighted by atomic mass is 19.1. The smallest absolute Gasteiger partial charge is 0.272 e. The van der Waals surface area contributed by atoms with Crippen molar-refractivity contribution in [3.05, 3.63) is 60.1 Å². The number of nitrogens with one attached hydrogen (secondary N) is 1. The van der Waals surface area contributed by atoms with E-state index in [9.17, 15) is 4.79 Å². The molecule has 1 fully saturated rings. The number of ether oxygens (including phenoxy) is 2. The normalized spacial score (nSPS) is 14.2. The topological polar surface area (TPSA) is 98.8 Å². The van der Waals surface area contributed by atoms with Crippen LogP contribution in [0.3, 0.4) is 0 Å². The fraction of sp³-hybridized carbons (Fsp3) is 0.385. The van der Waals surface area contributed by atoms with Crippen LogP contribution in [0.25, 0.3) is 16.8 Å². The molecule has 0 atom stereocenters. The molecule has 4 aromatic rings. The zero-order valence-electron chi connectivity index (χ0n) is 21.4. The molecule has 3 aromatic heterocycles. The van der Waals surface area contributed by atoms with E-state index in [-0.39, 0.29) is 29.3 Å². The minimum atomic E-state index is -0.555. The molecule has 5 rings (SSSR count). The van der Waals surface area contributed by atoms with Gasteiger partial charge in [-0.15, -0.1) is 0 Å². The first-order valence-corrected chi connectivity index (χ1v) is 12.1. The largest absolute Gasteiger partial charge is 0.493 e. The predicted octanol–water partition coefficient (Wildman–Crippen LogP) is 3.26. The van der Waals surface area contributed by atoms with E-state index in [2.05, 4.69) is 25.4 Å². The van der Waals surface area contributed by atoms with Gasteiger partial charge in [-0.3, -0.25) is 9.48 Å². The van der Waals surface area contributed by atoms with Crippen LogP contribution in [0, 0.1) is 5.82 Å². The number of morpholine rings is 1. The molecule has 11 heteroatoms. The van der Waals surface area contributed by atoms with Crippen LogP contribution in [0.1, 0.15) is 36.8 Å². The average molecular weight is 508 g/mol. The van der Waals surface area contributed by atoms with Crippen LogP contribution in [0.5, 0.6) is 5.75 Å². The quantitative estimate of drug-likeness (QED) is 0.428. The summed E-state index contributed by atoms with van der Waals surface area (Å²) in [6.45, 7) is 8.95. The SMILES string of the molecule is COc1c(CNC(=O)c2ccn(C(C)(C)C)n2)ccc(-c2ncnn3cc(N4CCOCC4)cc23)c1F. The van der Waals surface area contributed by atoms with Gasteiger partial charge in [0.25, 0.3) is 5.91 Å². The van der Waals surface area contributed by atoms with E-state index in [4.69, 9.17) is 9.47 Å². The first-order chi connectivity index (χ1) is 17.8. The van der Waals surface area contributed by atoms with Crippen LogP contribution in [-0.2, 0) is 16.8 Å². The Hall–Kier alpha value is -3.99. The second kappa shape index (κ2) is 9.81. The van der Waals surface area contributed by atoms with Crippen molar-refractivity contribution in [2.75, 3.05) is 38.3 Å². The standard InChI is InChI=1S/C26H30FN7O3/c1-26(2,3)34-8-7-20(31-34)25(35)28-14-17-5-6-19(22(27)24(17)36-4)23-21-13-18(15-33(21)30-16-29-23)32-9-11-37-12-10-32/h5-8,13,15-16H,9-12,14H2,1-4H3,(H,28,35). The molecule has 1 N–H and O–H groups in total. The van der Waals surface area contributed by atoms with Gasteiger partial charge >= 0.3 is 0 Å². The van der Waals surface area contributed by atoms with Gasteiger partial charge in [-0.1, -0.05) is 6.07 Å². The molecule has 0 radical (unpaired) electrons. The summed E-state index contributed by atoms with van der Waals surface area (Å²) in [5.74, 6) is -0.855. The average Bonchev–Trinajstić information content (AvgIpc) is 3.56. The number of benzene rings is 1. The summed E-state index contributed by atoms with van der Waals surface area (Å²) in [4.78, 5) is 19.2. The summed E-state index contributed by atoms with van der Waals surface area (Å²) in [5.41, 5.74) is 2.95. The van der Waals surface area contributed by atoms with Gasteiger partial charge in [0.15, 0.2) is 11.6 Å². The molecule has 10 nitrogen and oxygen atoms in total. The molecular weight excluding hydrogens is 477 g/mol. The van der Waals surface area contributed by atoms with Crippen LogP contribution in [0.4, 0.5) is 10.1 Å². The summed E-state index contributed by atoms with van der Waals surface area (Å²) in [6.07, 6.45) is 5.08. The van der Waals surface area contributed by atoms with Crippen molar-refractivity contribution in [2.45, 2.75) is 32.9 Å². The van der Waals surface area contributed by atoms with E-state index >= 15 is 4.39 Å². The van der Waals surface area contributed by atoms with Crippen molar-refractivity contribution >= 4 is 17.1 Å². The number of carbonyl (C=O) groups excluding carboxylic acids is 1. The van der Waals surface area contributed by atoms with Crippen molar-refractivity contribution in [1.82, 2.24) is 29.7 Å². The highest BCUT2D eigenvalue weighted by Gasteiger charge is 2.22. The Kier molecular flexibility index (Phi) is 6.55. The number of hydrogen-bond acceptors (Lipinski definition) is 7. The molecular formula is C26H30FN7O3. The zero-order chi connectivity index (χ0) is 26.2. The number of fused-ring (bicyclic) bond motifs is 1. The van der Waals surface area contributed by atoms with Crippen LogP contribution in [0.2, 0.25) is 0 Å². The first kappa shape index (κ1) is 24.7. The van der Waals surface area contributed by atoms with Gasteiger partial charge in [0, 0.05) is 37.0 Å². The summed E-state index contributed by atoms with van der Waals surface area (Å²) in [7, 11) is 1.40. The lowest BCUT2D eigenvalue weighted by atomic mass is 10.1. The highest BCUT2D eigenvalue weighted by molar-refractivity contribution is 5.92. The molecule has 37 heavy (non-hydrogen) atoms. The monoisotopic (exact) mass is 507 g/mol. The number of rotatable bonds is 6. The predicted molar refractivity (Wildman–Crippen MR) is 136 cm³/mol. The molecule has 1 amide bonds. The summed E-state index contributed by atoms with van der Waals surface area (Å²) in [6, 6.07) is 7.00. The Labute approximate surface area is 214 Å². The number of halogens is 1. The third-order valence-electron chi connectivity index (χ3n) is 6.35. The van der Waals surface area contributed by atoms with E-state index in [0.717, 1.165) is 18.8 Å². The highest BCUT2D eigenvalue weighted by Crippen LogP contribution is 2.34. The van der Waals surface area contributed by atoms with Gasteiger partial charge in [0.05, 0.1) is 43.3 Å². The molecule has 0 aliphatic carbocycles. The van der Waals surface area contributed by atoms with Crippen molar-refractivity contribution in [3.63, 3.8) is 0 Å². The van der Waals surface area contributed by atoms with Gasteiger partial charge in [-0.2, -0.15) is 10.2 Å².